The summed E-state index contributed by atoms with van der Waals surface area (Å²) in [5, 5.41) is 0.660. The molecule has 0 saturated heterocycles. The first kappa shape index (κ1) is 18.0. The molecule has 0 saturated carbocycles. The lowest BCUT2D eigenvalue weighted by Gasteiger charge is -2.23. The van der Waals surface area contributed by atoms with Crippen molar-refractivity contribution >= 4 is 28.9 Å². The highest BCUT2D eigenvalue weighted by atomic mass is 35.5. The van der Waals surface area contributed by atoms with Gasteiger partial charge in [0.15, 0.2) is 5.13 Å². The molecule has 5 heteroatoms. The van der Waals surface area contributed by atoms with Crippen LogP contribution < -0.4 is 5.73 Å². The lowest BCUT2D eigenvalue weighted by atomic mass is 10.1. The van der Waals surface area contributed by atoms with Crippen molar-refractivity contribution < 1.29 is 0 Å². The van der Waals surface area contributed by atoms with E-state index in [-0.39, 0.29) is 12.4 Å². The van der Waals surface area contributed by atoms with Gasteiger partial charge in [-0.05, 0) is 17.9 Å². The number of halogens is 1. The average molecular weight is 326 g/mol. The molecule has 116 valence electrons. The van der Waals surface area contributed by atoms with Crippen LogP contribution in [0.25, 0.3) is 0 Å². The van der Waals surface area contributed by atoms with Crippen molar-refractivity contribution in [2.75, 3.05) is 18.8 Å². The molecule has 0 fully saturated rings. The molecule has 0 aliphatic heterocycles. The molecule has 21 heavy (non-hydrogen) atoms. The minimum atomic E-state index is 0. The Morgan fingerprint density at radius 3 is 2.52 bits per heavy atom. The van der Waals surface area contributed by atoms with Gasteiger partial charge in [0.1, 0.15) is 0 Å². The van der Waals surface area contributed by atoms with E-state index in [4.69, 9.17) is 5.73 Å². The second-order valence-corrected chi connectivity index (χ2v) is 6.68. The van der Waals surface area contributed by atoms with Gasteiger partial charge in [-0.1, -0.05) is 44.2 Å². The Hall–Kier alpha value is -1.10. The zero-order chi connectivity index (χ0) is 14.4. The topological polar surface area (TPSA) is 42.2 Å². The van der Waals surface area contributed by atoms with Gasteiger partial charge in [-0.3, -0.25) is 4.90 Å². The standard InChI is InChI=1S/C16H23N3S.ClH/c1-13(2)11-19(12-15-10-18-16(17)20-15)9-8-14-6-4-3-5-7-14;/h3-7,10,13H,8-9,11-12H2,1-2H3,(H2,17,18);1H. The first-order chi connectivity index (χ1) is 9.63. The molecule has 1 aromatic carbocycles. The molecule has 0 unspecified atom stereocenters. The van der Waals surface area contributed by atoms with E-state index < -0.39 is 0 Å². The molecule has 0 atom stereocenters. The van der Waals surface area contributed by atoms with Gasteiger partial charge in [0, 0.05) is 30.7 Å². The van der Waals surface area contributed by atoms with E-state index in [1.165, 1.54) is 10.4 Å². The van der Waals surface area contributed by atoms with Crippen LogP contribution in [0, 0.1) is 5.92 Å². The highest BCUT2D eigenvalue weighted by molar-refractivity contribution is 7.15. The van der Waals surface area contributed by atoms with Crippen molar-refractivity contribution in [1.29, 1.82) is 0 Å². The third kappa shape index (κ3) is 6.46. The molecule has 1 heterocycles. The molecule has 2 rings (SSSR count). The minimum absolute atomic E-state index is 0. The zero-order valence-corrected chi connectivity index (χ0v) is 14.3. The quantitative estimate of drug-likeness (QED) is 0.840. The number of nitrogens with zero attached hydrogens (tertiary/aromatic N) is 2. The second kappa shape index (κ2) is 9.03. The van der Waals surface area contributed by atoms with Crippen LogP contribution in [0.4, 0.5) is 5.13 Å². The van der Waals surface area contributed by atoms with Crippen LogP contribution in [-0.4, -0.2) is 23.0 Å². The van der Waals surface area contributed by atoms with E-state index in [2.05, 4.69) is 54.1 Å². The Bertz CT molecular complexity index is 513. The molecule has 0 amide bonds. The van der Waals surface area contributed by atoms with Gasteiger partial charge in [0.05, 0.1) is 0 Å². The normalized spacial score (nSPS) is 10.9. The summed E-state index contributed by atoms with van der Waals surface area (Å²) in [6.07, 6.45) is 2.98. The Morgan fingerprint density at radius 2 is 1.95 bits per heavy atom. The highest BCUT2D eigenvalue weighted by Crippen LogP contribution is 2.17. The molecule has 3 nitrogen and oxygen atoms in total. The summed E-state index contributed by atoms with van der Waals surface area (Å²) < 4.78 is 0. The number of hydrogen-bond donors (Lipinski definition) is 1. The summed E-state index contributed by atoms with van der Waals surface area (Å²) >= 11 is 1.59. The predicted octanol–water partition coefficient (Wildman–Crippen LogP) is 3.85. The zero-order valence-electron chi connectivity index (χ0n) is 12.7. The van der Waals surface area contributed by atoms with E-state index in [9.17, 15) is 0 Å². The van der Waals surface area contributed by atoms with Gasteiger partial charge in [-0.2, -0.15) is 0 Å². The van der Waals surface area contributed by atoms with Gasteiger partial charge in [-0.25, -0.2) is 4.98 Å². The minimum Gasteiger partial charge on any atom is -0.375 e. The maximum absolute atomic E-state index is 5.71. The first-order valence-corrected chi connectivity index (χ1v) is 7.91. The second-order valence-electron chi connectivity index (χ2n) is 5.53. The van der Waals surface area contributed by atoms with Crippen molar-refractivity contribution in [3.05, 3.63) is 47.0 Å². The molecule has 2 aromatic rings. The summed E-state index contributed by atoms with van der Waals surface area (Å²) in [4.78, 5) is 7.87. The van der Waals surface area contributed by atoms with Crippen molar-refractivity contribution in [3.63, 3.8) is 0 Å². The van der Waals surface area contributed by atoms with E-state index >= 15 is 0 Å². The molecule has 0 aliphatic rings. The van der Waals surface area contributed by atoms with Crippen LogP contribution in [0.3, 0.4) is 0 Å². The number of nitrogens with two attached hydrogens (primary N) is 1. The summed E-state index contributed by atoms with van der Waals surface area (Å²) in [5.74, 6) is 0.663. The van der Waals surface area contributed by atoms with E-state index in [0.717, 1.165) is 26.1 Å². The smallest absolute Gasteiger partial charge is 0.180 e. The number of rotatable bonds is 7. The van der Waals surface area contributed by atoms with E-state index in [1.807, 2.05) is 6.20 Å². The fourth-order valence-corrected chi connectivity index (χ4v) is 3.03. The average Bonchev–Trinajstić information content (AvgIpc) is 2.82. The Labute approximate surface area is 137 Å². The Balaban J connectivity index is 0.00000220. The SMILES string of the molecule is CC(C)CN(CCc1ccccc1)Cc1cnc(N)s1.Cl. The monoisotopic (exact) mass is 325 g/mol. The fourth-order valence-electron chi connectivity index (χ4n) is 2.30. The number of aromatic nitrogens is 1. The number of benzene rings is 1. The molecular weight excluding hydrogens is 302 g/mol. The number of nitrogen functional groups attached to an aromatic ring is 1. The van der Waals surface area contributed by atoms with E-state index in [0.29, 0.717) is 11.0 Å². The predicted molar refractivity (Wildman–Crippen MR) is 94.0 cm³/mol. The van der Waals surface area contributed by atoms with Crippen LogP contribution in [0.5, 0.6) is 0 Å². The molecule has 1 aromatic heterocycles. The van der Waals surface area contributed by atoms with Crippen LogP contribution >= 0.6 is 23.7 Å². The third-order valence-corrected chi connectivity index (χ3v) is 3.95. The van der Waals surface area contributed by atoms with Gasteiger partial charge in [0.25, 0.3) is 0 Å². The molecule has 0 radical (unpaired) electrons. The first-order valence-electron chi connectivity index (χ1n) is 7.10. The van der Waals surface area contributed by atoms with Crippen LogP contribution in [0.2, 0.25) is 0 Å². The van der Waals surface area contributed by atoms with Gasteiger partial charge in [0.2, 0.25) is 0 Å². The number of thiazole rings is 1. The molecule has 0 bridgehead atoms. The Kier molecular flexibility index (Phi) is 7.72. The third-order valence-electron chi connectivity index (χ3n) is 3.13. The van der Waals surface area contributed by atoms with E-state index in [1.54, 1.807) is 11.3 Å². The fraction of sp³-hybridized carbons (Fsp3) is 0.438. The van der Waals surface area contributed by atoms with Crippen molar-refractivity contribution in [3.8, 4) is 0 Å². The molecule has 2 N–H and O–H groups in total. The van der Waals surface area contributed by atoms with Gasteiger partial charge < -0.3 is 5.73 Å². The summed E-state index contributed by atoms with van der Waals surface area (Å²) in [6.45, 7) is 7.64. The maximum Gasteiger partial charge on any atom is 0.180 e. The summed E-state index contributed by atoms with van der Waals surface area (Å²) in [6, 6.07) is 10.7. The summed E-state index contributed by atoms with van der Waals surface area (Å²) in [7, 11) is 0. The molecular formula is C16H24ClN3S. The van der Waals surface area contributed by atoms with Crippen molar-refractivity contribution in [2.45, 2.75) is 26.8 Å². The van der Waals surface area contributed by atoms with Crippen molar-refractivity contribution in [2.24, 2.45) is 5.92 Å². The summed E-state index contributed by atoms with van der Waals surface area (Å²) in [5.41, 5.74) is 7.10. The van der Waals surface area contributed by atoms with Crippen LogP contribution in [-0.2, 0) is 13.0 Å². The molecule has 0 spiro atoms. The van der Waals surface area contributed by atoms with Crippen LogP contribution in [0.1, 0.15) is 24.3 Å². The lowest BCUT2D eigenvalue weighted by molar-refractivity contribution is 0.240. The largest absolute Gasteiger partial charge is 0.375 e. The van der Waals surface area contributed by atoms with Gasteiger partial charge >= 0.3 is 0 Å². The van der Waals surface area contributed by atoms with Crippen molar-refractivity contribution in [1.82, 2.24) is 9.88 Å². The molecule has 0 aliphatic carbocycles. The lowest BCUT2D eigenvalue weighted by Crippen LogP contribution is -2.29. The number of anilines is 1. The highest BCUT2D eigenvalue weighted by Gasteiger charge is 2.10. The number of hydrogen-bond acceptors (Lipinski definition) is 4. The van der Waals surface area contributed by atoms with Gasteiger partial charge in [-0.15, -0.1) is 23.7 Å². The Morgan fingerprint density at radius 1 is 1.24 bits per heavy atom. The maximum atomic E-state index is 5.71. The van der Waals surface area contributed by atoms with Crippen LogP contribution in [0.15, 0.2) is 36.5 Å².